The molecule has 1 radical (unpaired) electrons. The number of rotatable bonds is 4. The number of allylic oxidation sites excluding steroid dienone is 1. The summed E-state index contributed by atoms with van der Waals surface area (Å²) in [5, 5.41) is 0. The molecule has 12 heavy (non-hydrogen) atoms. The summed E-state index contributed by atoms with van der Waals surface area (Å²) in [4.78, 5) is 0. The van der Waals surface area contributed by atoms with Crippen molar-refractivity contribution in [1.82, 2.24) is 0 Å². The predicted octanol–water partition coefficient (Wildman–Crippen LogP) is 1.59. The maximum absolute atomic E-state index is 4.96. The Hall–Kier alpha value is -0.423. The molecule has 0 unspecified atom stereocenters. The van der Waals surface area contributed by atoms with E-state index in [0.717, 1.165) is 0 Å². The molecule has 0 aromatic carbocycles. The molecule has 0 saturated carbocycles. The van der Waals surface area contributed by atoms with Crippen LogP contribution in [0.25, 0.3) is 0 Å². The first-order chi connectivity index (χ1) is 5.66. The molecule has 0 atom stereocenters. The maximum atomic E-state index is 4.96. The van der Waals surface area contributed by atoms with Gasteiger partial charge in [-0.1, -0.05) is 19.2 Å². The van der Waals surface area contributed by atoms with Gasteiger partial charge >= 0.3 is 8.80 Å². The summed E-state index contributed by atoms with van der Waals surface area (Å²) >= 11 is 0. The van der Waals surface area contributed by atoms with Crippen molar-refractivity contribution in [2.45, 2.75) is 6.92 Å². The summed E-state index contributed by atoms with van der Waals surface area (Å²) in [7, 11) is 2.20. The van der Waals surface area contributed by atoms with Crippen molar-refractivity contribution >= 4 is 8.80 Å². The zero-order chi connectivity index (χ0) is 10.0. The normalized spacial score (nSPS) is 9.67. The van der Waals surface area contributed by atoms with Crippen LogP contribution in [0.2, 0.25) is 0 Å². The van der Waals surface area contributed by atoms with Crippen LogP contribution in [0.5, 0.6) is 0 Å². The Bertz CT molecular complexity index is 113. The highest BCUT2D eigenvalue weighted by Crippen LogP contribution is 2.04. The minimum atomic E-state index is -2.43. The van der Waals surface area contributed by atoms with Gasteiger partial charge in [0.2, 0.25) is 0 Å². The van der Waals surface area contributed by atoms with E-state index in [2.05, 4.69) is 6.58 Å². The summed E-state index contributed by atoms with van der Waals surface area (Å²) in [5.74, 6) is 0. The van der Waals surface area contributed by atoms with Crippen LogP contribution in [0, 0.1) is 6.58 Å². The zero-order valence-electron chi connectivity index (χ0n) is 8.16. The molecule has 0 bridgehead atoms. The molecule has 0 aliphatic rings. The van der Waals surface area contributed by atoms with E-state index in [9.17, 15) is 0 Å². The van der Waals surface area contributed by atoms with E-state index in [1.54, 1.807) is 34.0 Å². The number of hydrogen-bond acceptors (Lipinski definition) is 3. The van der Waals surface area contributed by atoms with Crippen molar-refractivity contribution in [3.8, 4) is 0 Å². The van der Waals surface area contributed by atoms with E-state index in [-0.39, 0.29) is 0 Å². The van der Waals surface area contributed by atoms with Crippen LogP contribution in [0.1, 0.15) is 6.92 Å². The molecule has 71 valence electrons. The fourth-order valence-electron chi connectivity index (χ4n) is 0.500. The lowest BCUT2D eigenvalue weighted by atomic mass is 10.8. The molecule has 0 aliphatic carbocycles. The van der Waals surface area contributed by atoms with Crippen molar-refractivity contribution in [3.05, 3.63) is 24.9 Å². The monoisotopic (exact) mass is 189 g/mol. The van der Waals surface area contributed by atoms with Crippen LogP contribution in [-0.2, 0) is 13.3 Å². The van der Waals surface area contributed by atoms with E-state index in [4.69, 9.17) is 19.9 Å². The lowest BCUT2D eigenvalue weighted by molar-refractivity contribution is 0.138. The fraction of sp³-hybridized carbons (Fsp3) is 0.500. The number of hydrogen-bond donors (Lipinski definition) is 0. The molecule has 0 heterocycles. The van der Waals surface area contributed by atoms with Crippen molar-refractivity contribution < 1.29 is 13.3 Å². The van der Waals surface area contributed by atoms with Crippen molar-refractivity contribution in [2.24, 2.45) is 0 Å². The lowest BCUT2D eigenvalue weighted by Gasteiger charge is -2.19. The van der Waals surface area contributed by atoms with E-state index < -0.39 is 8.80 Å². The molecule has 0 fully saturated rings. The first-order valence-electron chi connectivity index (χ1n) is 3.44. The molecule has 3 nitrogen and oxygen atoms in total. The first-order valence-corrected chi connectivity index (χ1v) is 5.25. The summed E-state index contributed by atoms with van der Waals surface area (Å²) in [6, 6.07) is 0. The van der Waals surface area contributed by atoms with Gasteiger partial charge in [-0.3, -0.25) is 0 Å². The van der Waals surface area contributed by atoms with E-state index in [1.807, 2.05) is 0 Å². The van der Waals surface area contributed by atoms with E-state index in [1.165, 1.54) is 6.08 Å². The van der Waals surface area contributed by atoms with Gasteiger partial charge in [0.05, 0.1) is 0 Å². The van der Waals surface area contributed by atoms with Crippen molar-refractivity contribution in [1.29, 1.82) is 0 Å². The third-order valence-electron chi connectivity index (χ3n) is 1.10. The van der Waals surface area contributed by atoms with Crippen LogP contribution in [0.3, 0.4) is 0 Å². The summed E-state index contributed by atoms with van der Waals surface area (Å²) in [6.45, 7) is 10.0. The highest BCUT2D eigenvalue weighted by atomic mass is 28.4. The Balaban J connectivity index is 0. The summed E-state index contributed by atoms with van der Waals surface area (Å²) < 4.78 is 14.9. The topological polar surface area (TPSA) is 27.7 Å². The van der Waals surface area contributed by atoms with Crippen LogP contribution >= 0.6 is 0 Å². The standard InChI is InChI=1S/C5H12O3Si.C3H5/c1-5-9(6-2,7-3)8-4;1-3-2/h5H,1H2,2-4H3;1,3H,2H3. The van der Waals surface area contributed by atoms with Gasteiger partial charge in [-0.15, -0.1) is 0 Å². The third-order valence-corrected chi connectivity index (χ3v) is 3.31. The quantitative estimate of drug-likeness (QED) is 0.628. The van der Waals surface area contributed by atoms with Gasteiger partial charge < -0.3 is 13.3 Å². The minimum absolute atomic E-state index is 1.50. The van der Waals surface area contributed by atoms with Crippen LogP contribution in [0.4, 0.5) is 0 Å². The fourth-order valence-corrected chi connectivity index (χ4v) is 1.50. The van der Waals surface area contributed by atoms with Gasteiger partial charge in [0.1, 0.15) is 0 Å². The Morgan fingerprint density at radius 3 is 1.42 bits per heavy atom. The summed E-state index contributed by atoms with van der Waals surface area (Å²) in [5.41, 5.74) is 1.58. The van der Waals surface area contributed by atoms with Gasteiger partial charge in [-0.25, -0.2) is 0 Å². The second kappa shape index (κ2) is 8.67. The van der Waals surface area contributed by atoms with E-state index >= 15 is 0 Å². The Labute approximate surface area is 76.0 Å². The third kappa shape index (κ3) is 5.26. The smallest absolute Gasteiger partial charge is 0.374 e. The molecule has 0 aromatic rings. The van der Waals surface area contributed by atoms with Crippen LogP contribution in [0.15, 0.2) is 18.4 Å². The minimum Gasteiger partial charge on any atom is -0.374 e. The molecule has 0 amide bonds. The second-order valence-corrected chi connectivity index (χ2v) is 4.59. The molecule has 0 spiro atoms. The largest absolute Gasteiger partial charge is 0.528 e. The van der Waals surface area contributed by atoms with Crippen LogP contribution < -0.4 is 0 Å². The molecule has 0 N–H and O–H groups in total. The molecule has 0 rings (SSSR count). The van der Waals surface area contributed by atoms with Gasteiger partial charge in [-0.2, -0.15) is 0 Å². The summed E-state index contributed by atoms with van der Waals surface area (Å²) in [6.07, 6.45) is 1.50. The Morgan fingerprint density at radius 2 is 1.42 bits per heavy atom. The van der Waals surface area contributed by atoms with Crippen molar-refractivity contribution in [2.75, 3.05) is 21.3 Å². The molecule has 0 aromatic heterocycles. The average Bonchev–Trinajstić information content (AvgIpc) is 2.11. The SMILES string of the molecule is C=C[Si](OC)(OC)OC.[CH]=CC. The van der Waals surface area contributed by atoms with Crippen LogP contribution in [-0.4, -0.2) is 30.1 Å². The zero-order valence-corrected chi connectivity index (χ0v) is 9.16. The maximum Gasteiger partial charge on any atom is 0.528 e. The average molecular weight is 189 g/mol. The Morgan fingerprint density at radius 1 is 1.17 bits per heavy atom. The van der Waals surface area contributed by atoms with Gasteiger partial charge in [0, 0.05) is 21.3 Å². The van der Waals surface area contributed by atoms with Gasteiger partial charge in [0.25, 0.3) is 0 Å². The first kappa shape index (κ1) is 14.1. The predicted molar refractivity (Wildman–Crippen MR) is 51.5 cm³/mol. The molecule has 0 aliphatic heterocycles. The van der Waals surface area contributed by atoms with Gasteiger partial charge in [0.15, 0.2) is 0 Å². The lowest BCUT2D eigenvalue weighted by Crippen LogP contribution is -2.40. The van der Waals surface area contributed by atoms with E-state index in [0.29, 0.717) is 0 Å². The van der Waals surface area contributed by atoms with Gasteiger partial charge in [-0.05, 0) is 12.6 Å². The molecule has 4 heteroatoms. The Kier molecular flexibility index (Phi) is 10.2. The molecular weight excluding hydrogens is 172 g/mol. The molecule has 0 saturated heterocycles. The highest BCUT2D eigenvalue weighted by molar-refractivity contribution is 6.66. The second-order valence-electron chi connectivity index (χ2n) is 1.75. The van der Waals surface area contributed by atoms with Crippen molar-refractivity contribution in [3.63, 3.8) is 0 Å². The highest BCUT2D eigenvalue weighted by Gasteiger charge is 2.33. The molecular formula is C8H17O3Si.